The first-order valence-corrected chi connectivity index (χ1v) is 8.23. The Labute approximate surface area is 147 Å². The molecule has 0 amide bonds. The zero-order chi connectivity index (χ0) is 17.5. The molecule has 2 aromatic heterocycles. The summed E-state index contributed by atoms with van der Waals surface area (Å²) in [5, 5.41) is 13.7. The summed E-state index contributed by atoms with van der Waals surface area (Å²) in [5.41, 5.74) is 0.840. The van der Waals surface area contributed by atoms with E-state index in [2.05, 4.69) is 10.3 Å². The largest absolute Gasteiger partial charge is 0.487 e. The van der Waals surface area contributed by atoms with Crippen LogP contribution in [-0.2, 0) is 18.8 Å². The summed E-state index contributed by atoms with van der Waals surface area (Å²) >= 11 is 0. The summed E-state index contributed by atoms with van der Waals surface area (Å²) in [5.74, 6) is 1.35. The highest BCUT2D eigenvalue weighted by molar-refractivity contribution is 5.33. The molecule has 25 heavy (non-hydrogen) atoms. The van der Waals surface area contributed by atoms with Crippen LogP contribution in [0.2, 0.25) is 0 Å². The van der Waals surface area contributed by atoms with Crippen LogP contribution in [0, 0.1) is 0 Å². The Balaban J connectivity index is 1.57. The van der Waals surface area contributed by atoms with E-state index in [-0.39, 0.29) is 0 Å². The molecular weight excluding hydrogens is 316 g/mol. The number of benzene rings is 1. The van der Waals surface area contributed by atoms with Crippen LogP contribution in [0.25, 0.3) is 0 Å². The molecule has 1 unspecified atom stereocenters. The third-order valence-corrected chi connectivity index (χ3v) is 3.91. The number of para-hydroxylation sites is 1. The lowest BCUT2D eigenvalue weighted by molar-refractivity contribution is 0.0340. The molecular formula is C20H22N2O3. The first-order valence-electron chi connectivity index (χ1n) is 8.23. The first kappa shape index (κ1) is 17.2. The second-order valence-electron chi connectivity index (χ2n) is 6.07. The van der Waals surface area contributed by atoms with Crippen LogP contribution >= 0.6 is 0 Å². The number of pyridine rings is 1. The molecule has 5 nitrogen and oxygen atoms in total. The second kappa shape index (κ2) is 7.96. The standard InChI is InChI=1S/C20H22N2O3/c1-20(23,19-10-6-12-24-19)15-21-13-16-7-2-3-9-18(16)25-14-17-8-4-5-11-22-17/h2-12,21,23H,13-15H2,1H3. The molecule has 0 aliphatic carbocycles. The molecule has 0 radical (unpaired) electrons. The average molecular weight is 338 g/mol. The van der Waals surface area contributed by atoms with E-state index in [1.807, 2.05) is 42.5 Å². The van der Waals surface area contributed by atoms with Gasteiger partial charge in [-0.25, -0.2) is 0 Å². The highest BCUT2D eigenvalue weighted by Crippen LogP contribution is 2.22. The summed E-state index contributed by atoms with van der Waals surface area (Å²) in [6.07, 6.45) is 3.31. The first-order chi connectivity index (χ1) is 12.1. The lowest BCUT2D eigenvalue weighted by Gasteiger charge is -2.21. The smallest absolute Gasteiger partial charge is 0.136 e. The Hall–Kier alpha value is -2.63. The van der Waals surface area contributed by atoms with Gasteiger partial charge in [0.15, 0.2) is 0 Å². The van der Waals surface area contributed by atoms with Crippen LogP contribution in [0.15, 0.2) is 71.5 Å². The van der Waals surface area contributed by atoms with Crippen molar-refractivity contribution >= 4 is 0 Å². The van der Waals surface area contributed by atoms with Gasteiger partial charge < -0.3 is 19.6 Å². The Bertz CT molecular complexity index is 771. The van der Waals surface area contributed by atoms with E-state index in [1.165, 1.54) is 0 Å². The molecule has 0 aliphatic heterocycles. The van der Waals surface area contributed by atoms with Crippen molar-refractivity contribution in [1.29, 1.82) is 0 Å². The maximum absolute atomic E-state index is 10.5. The number of furan rings is 1. The maximum atomic E-state index is 10.5. The van der Waals surface area contributed by atoms with Crippen LogP contribution in [0.3, 0.4) is 0 Å². The van der Waals surface area contributed by atoms with Gasteiger partial charge in [0.25, 0.3) is 0 Å². The SMILES string of the molecule is CC(O)(CNCc1ccccc1OCc1ccccn1)c1ccco1. The van der Waals surface area contributed by atoms with Crippen molar-refractivity contribution in [3.05, 3.63) is 84.1 Å². The third-order valence-electron chi connectivity index (χ3n) is 3.91. The fraction of sp³-hybridized carbons (Fsp3) is 0.250. The van der Waals surface area contributed by atoms with Gasteiger partial charge in [0, 0.05) is 24.8 Å². The monoisotopic (exact) mass is 338 g/mol. The van der Waals surface area contributed by atoms with Gasteiger partial charge in [0.1, 0.15) is 23.7 Å². The number of rotatable bonds is 8. The average Bonchev–Trinajstić information content (AvgIpc) is 3.17. The summed E-state index contributed by atoms with van der Waals surface area (Å²) < 4.78 is 11.2. The molecule has 1 atom stereocenters. The van der Waals surface area contributed by atoms with Gasteiger partial charge in [-0.2, -0.15) is 0 Å². The quantitative estimate of drug-likeness (QED) is 0.660. The minimum atomic E-state index is -1.06. The third kappa shape index (κ3) is 4.68. The van der Waals surface area contributed by atoms with E-state index in [0.29, 0.717) is 25.5 Å². The summed E-state index contributed by atoms with van der Waals surface area (Å²) in [7, 11) is 0. The fourth-order valence-corrected chi connectivity index (χ4v) is 2.54. The van der Waals surface area contributed by atoms with Crippen molar-refractivity contribution in [2.75, 3.05) is 6.54 Å². The predicted octanol–water partition coefficient (Wildman–Crippen LogP) is 3.25. The molecule has 2 heterocycles. The lowest BCUT2D eigenvalue weighted by atomic mass is 10.0. The highest BCUT2D eigenvalue weighted by Gasteiger charge is 2.25. The van der Waals surface area contributed by atoms with Crippen LogP contribution in [0.4, 0.5) is 0 Å². The molecule has 130 valence electrons. The van der Waals surface area contributed by atoms with Crippen molar-refractivity contribution in [3.8, 4) is 5.75 Å². The van der Waals surface area contributed by atoms with E-state index < -0.39 is 5.60 Å². The number of nitrogens with zero attached hydrogens (tertiary/aromatic N) is 1. The van der Waals surface area contributed by atoms with Crippen molar-refractivity contribution in [1.82, 2.24) is 10.3 Å². The zero-order valence-corrected chi connectivity index (χ0v) is 14.2. The predicted molar refractivity (Wildman–Crippen MR) is 95.0 cm³/mol. The topological polar surface area (TPSA) is 67.5 Å². The van der Waals surface area contributed by atoms with Crippen molar-refractivity contribution < 1.29 is 14.3 Å². The van der Waals surface area contributed by atoms with E-state index in [9.17, 15) is 5.11 Å². The molecule has 3 rings (SSSR count). The van der Waals surface area contributed by atoms with Gasteiger partial charge in [-0.05, 0) is 37.3 Å². The number of aromatic nitrogens is 1. The number of ether oxygens (including phenoxy) is 1. The minimum Gasteiger partial charge on any atom is -0.487 e. The van der Waals surface area contributed by atoms with Crippen LogP contribution in [-0.4, -0.2) is 16.6 Å². The van der Waals surface area contributed by atoms with Crippen molar-refractivity contribution in [2.45, 2.75) is 25.7 Å². The van der Waals surface area contributed by atoms with Gasteiger partial charge in [0.2, 0.25) is 0 Å². The summed E-state index contributed by atoms with van der Waals surface area (Å²) in [6, 6.07) is 17.1. The Kier molecular flexibility index (Phi) is 5.48. The van der Waals surface area contributed by atoms with Crippen molar-refractivity contribution in [2.24, 2.45) is 0 Å². The van der Waals surface area contributed by atoms with Gasteiger partial charge in [-0.3, -0.25) is 4.98 Å². The molecule has 2 N–H and O–H groups in total. The summed E-state index contributed by atoms with van der Waals surface area (Å²) in [4.78, 5) is 4.26. The van der Waals surface area contributed by atoms with Gasteiger partial charge in [-0.15, -0.1) is 0 Å². The van der Waals surface area contributed by atoms with E-state index in [1.54, 1.807) is 31.5 Å². The second-order valence-corrected chi connectivity index (χ2v) is 6.07. The molecule has 0 saturated carbocycles. The Morgan fingerprint density at radius 1 is 1.12 bits per heavy atom. The van der Waals surface area contributed by atoms with E-state index >= 15 is 0 Å². The fourth-order valence-electron chi connectivity index (χ4n) is 2.54. The molecule has 0 bridgehead atoms. The minimum absolute atomic E-state index is 0.370. The van der Waals surface area contributed by atoms with Gasteiger partial charge in [-0.1, -0.05) is 24.3 Å². The van der Waals surface area contributed by atoms with E-state index in [0.717, 1.165) is 17.0 Å². The molecule has 0 aliphatic rings. The Morgan fingerprint density at radius 2 is 1.96 bits per heavy atom. The molecule has 0 saturated heterocycles. The van der Waals surface area contributed by atoms with Crippen molar-refractivity contribution in [3.63, 3.8) is 0 Å². The van der Waals surface area contributed by atoms with Crippen LogP contribution in [0.1, 0.15) is 23.9 Å². The number of nitrogens with one attached hydrogen (secondary N) is 1. The lowest BCUT2D eigenvalue weighted by Crippen LogP contribution is -2.34. The maximum Gasteiger partial charge on any atom is 0.136 e. The highest BCUT2D eigenvalue weighted by atomic mass is 16.5. The normalized spacial score (nSPS) is 13.4. The number of aliphatic hydroxyl groups is 1. The zero-order valence-electron chi connectivity index (χ0n) is 14.2. The molecule has 1 aromatic carbocycles. The van der Waals surface area contributed by atoms with Gasteiger partial charge in [0.05, 0.1) is 12.0 Å². The van der Waals surface area contributed by atoms with Crippen LogP contribution in [0.5, 0.6) is 5.75 Å². The number of hydrogen-bond donors (Lipinski definition) is 2. The van der Waals surface area contributed by atoms with Crippen LogP contribution < -0.4 is 10.1 Å². The molecule has 0 fully saturated rings. The Morgan fingerprint density at radius 3 is 2.72 bits per heavy atom. The molecule has 3 aromatic rings. The summed E-state index contributed by atoms with van der Waals surface area (Å²) in [6.45, 7) is 3.09. The van der Waals surface area contributed by atoms with Gasteiger partial charge >= 0.3 is 0 Å². The molecule has 0 spiro atoms. The molecule has 5 heteroatoms. The van der Waals surface area contributed by atoms with E-state index in [4.69, 9.17) is 9.15 Å². The number of hydrogen-bond acceptors (Lipinski definition) is 5.